The second-order valence-corrected chi connectivity index (χ2v) is 4.91. The first-order valence-electron chi connectivity index (χ1n) is 5.01. The van der Waals surface area contributed by atoms with Gasteiger partial charge < -0.3 is 15.5 Å². The molecule has 102 valence electrons. The van der Waals surface area contributed by atoms with Crippen LogP contribution in [-0.2, 0) is 9.59 Å². The number of amides is 1. The van der Waals surface area contributed by atoms with Crippen LogP contribution in [0.1, 0.15) is 16.8 Å². The minimum absolute atomic E-state index is 0.0627. The van der Waals surface area contributed by atoms with Gasteiger partial charge in [0.2, 0.25) is 0 Å². The molecule has 0 aliphatic carbocycles. The number of rotatable bonds is 5. The number of hydrogen-bond donors (Lipinski definition) is 3. The van der Waals surface area contributed by atoms with Gasteiger partial charge in [0.25, 0.3) is 5.91 Å². The molecule has 0 saturated heterocycles. The van der Waals surface area contributed by atoms with E-state index in [1.165, 1.54) is 12.1 Å². The Morgan fingerprint density at radius 3 is 2.47 bits per heavy atom. The molecule has 6 nitrogen and oxygen atoms in total. The average molecular weight is 351 g/mol. The molecule has 0 aromatic heterocycles. The Labute approximate surface area is 121 Å². The lowest BCUT2D eigenvalue weighted by molar-refractivity contribution is -0.145. The largest absolute Gasteiger partial charge is 0.481 e. The summed E-state index contributed by atoms with van der Waals surface area (Å²) < 4.78 is 0.590. The van der Waals surface area contributed by atoms with E-state index in [4.69, 9.17) is 21.8 Å². The van der Waals surface area contributed by atoms with Gasteiger partial charge in [0.15, 0.2) is 0 Å². The molecular weight excluding hydrogens is 341 g/mol. The standard InChI is InChI=1S/C11H9BrClNO5/c12-5-1-2-7(13)6(3-5)10(17)14-8(11(18)19)4-9(15)16/h1-3,8H,4H2,(H,14,17)(H,15,16)(H,18,19)/t8-/m1/s1. The molecule has 0 radical (unpaired) electrons. The summed E-state index contributed by atoms with van der Waals surface area (Å²) in [6.07, 6.45) is -0.716. The number of nitrogens with one attached hydrogen (secondary N) is 1. The van der Waals surface area contributed by atoms with Gasteiger partial charge in [-0.2, -0.15) is 0 Å². The Kier molecular flexibility index (Phi) is 5.31. The van der Waals surface area contributed by atoms with Gasteiger partial charge in [-0.1, -0.05) is 27.5 Å². The Hall–Kier alpha value is -1.60. The second kappa shape index (κ2) is 6.53. The molecule has 1 aromatic rings. The van der Waals surface area contributed by atoms with E-state index in [1.54, 1.807) is 6.07 Å². The summed E-state index contributed by atoms with van der Waals surface area (Å²) in [5, 5.41) is 19.6. The highest BCUT2D eigenvalue weighted by atomic mass is 79.9. The maximum Gasteiger partial charge on any atom is 0.326 e. The van der Waals surface area contributed by atoms with Gasteiger partial charge in [-0.25, -0.2) is 4.79 Å². The van der Waals surface area contributed by atoms with E-state index in [9.17, 15) is 14.4 Å². The van der Waals surface area contributed by atoms with E-state index in [0.717, 1.165) is 0 Å². The van der Waals surface area contributed by atoms with Crippen molar-refractivity contribution in [2.45, 2.75) is 12.5 Å². The number of carbonyl (C=O) groups is 3. The number of hydrogen-bond acceptors (Lipinski definition) is 3. The molecule has 0 saturated carbocycles. The Bertz CT molecular complexity index is 534. The zero-order valence-corrected chi connectivity index (χ0v) is 11.7. The van der Waals surface area contributed by atoms with Gasteiger partial charge in [0.1, 0.15) is 6.04 Å². The normalized spacial score (nSPS) is 11.7. The first-order chi connectivity index (χ1) is 8.81. The highest BCUT2D eigenvalue weighted by Gasteiger charge is 2.24. The summed E-state index contributed by atoms with van der Waals surface area (Å²) in [5.74, 6) is -3.50. The van der Waals surface area contributed by atoms with Crippen LogP contribution >= 0.6 is 27.5 Å². The summed E-state index contributed by atoms with van der Waals surface area (Å²) in [7, 11) is 0. The van der Waals surface area contributed by atoms with E-state index in [1.807, 2.05) is 0 Å². The molecule has 0 aliphatic heterocycles. The summed E-state index contributed by atoms with van der Waals surface area (Å²) in [4.78, 5) is 33.2. The van der Waals surface area contributed by atoms with E-state index in [-0.39, 0.29) is 10.6 Å². The summed E-state index contributed by atoms with van der Waals surface area (Å²) in [6.45, 7) is 0. The van der Waals surface area contributed by atoms with Crippen molar-refractivity contribution >= 4 is 45.4 Å². The van der Waals surface area contributed by atoms with Crippen LogP contribution in [0.3, 0.4) is 0 Å². The topological polar surface area (TPSA) is 104 Å². The summed E-state index contributed by atoms with van der Waals surface area (Å²) in [6, 6.07) is 2.98. The lowest BCUT2D eigenvalue weighted by atomic mass is 10.1. The van der Waals surface area contributed by atoms with Crippen LogP contribution in [0, 0.1) is 0 Å². The number of carboxylic acids is 2. The van der Waals surface area contributed by atoms with E-state index in [0.29, 0.717) is 4.47 Å². The Balaban J connectivity index is 2.90. The molecule has 19 heavy (non-hydrogen) atoms. The SMILES string of the molecule is O=C(O)C[C@@H](NC(=O)c1cc(Br)ccc1Cl)C(=O)O. The van der Waals surface area contributed by atoms with Gasteiger partial charge in [-0.3, -0.25) is 9.59 Å². The number of carboxylic acid groups (broad SMARTS) is 2. The molecule has 3 N–H and O–H groups in total. The highest BCUT2D eigenvalue weighted by molar-refractivity contribution is 9.10. The van der Waals surface area contributed by atoms with Crippen LogP contribution in [0.25, 0.3) is 0 Å². The van der Waals surface area contributed by atoms with E-state index < -0.39 is 30.3 Å². The van der Waals surface area contributed by atoms with Crippen LogP contribution in [0.4, 0.5) is 0 Å². The van der Waals surface area contributed by atoms with E-state index >= 15 is 0 Å². The quantitative estimate of drug-likeness (QED) is 0.751. The van der Waals surface area contributed by atoms with Crippen LogP contribution in [0.5, 0.6) is 0 Å². The fraction of sp³-hybridized carbons (Fsp3) is 0.182. The zero-order chi connectivity index (χ0) is 14.6. The van der Waals surface area contributed by atoms with Crippen molar-refractivity contribution in [3.05, 3.63) is 33.3 Å². The van der Waals surface area contributed by atoms with Gasteiger partial charge in [0, 0.05) is 4.47 Å². The van der Waals surface area contributed by atoms with Gasteiger partial charge in [-0.05, 0) is 18.2 Å². The molecule has 1 amide bonds. The van der Waals surface area contributed by atoms with Crippen molar-refractivity contribution in [3.8, 4) is 0 Å². The number of benzene rings is 1. The summed E-state index contributed by atoms with van der Waals surface area (Å²) >= 11 is 8.97. The van der Waals surface area contributed by atoms with Crippen molar-refractivity contribution in [3.63, 3.8) is 0 Å². The van der Waals surface area contributed by atoms with Crippen LogP contribution in [0.2, 0.25) is 5.02 Å². The number of aliphatic carboxylic acids is 2. The van der Waals surface area contributed by atoms with Crippen LogP contribution in [0.15, 0.2) is 22.7 Å². The smallest absolute Gasteiger partial charge is 0.326 e. The van der Waals surface area contributed by atoms with Crippen molar-refractivity contribution in [1.82, 2.24) is 5.32 Å². The molecule has 0 spiro atoms. The first-order valence-corrected chi connectivity index (χ1v) is 6.19. The van der Waals surface area contributed by atoms with Crippen molar-refractivity contribution in [2.24, 2.45) is 0 Å². The molecule has 0 heterocycles. The maximum absolute atomic E-state index is 11.8. The predicted molar refractivity (Wildman–Crippen MR) is 70.3 cm³/mol. The third-order valence-electron chi connectivity index (χ3n) is 2.16. The fourth-order valence-electron chi connectivity index (χ4n) is 1.28. The number of carbonyl (C=O) groups excluding carboxylic acids is 1. The third-order valence-corrected chi connectivity index (χ3v) is 2.98. The molecular formula is C11H9BrClNO5. The molecule has 0 bridgehead atoms. The molecule has 8 heteroatoms. The molecule has 1 atom stereocenters. The van der Waals surface area contributed by atoms with Gasteiger partial charge >= 0.3 is 11.9 Å². The van der Waals surface area contributed by atoms with Gasteiger partial charge in [-0.15, -0.1) is 0 Å². The minimum atomic E-state index is -1.51. The highest BCUT2D eigenvalue weighted by Crippen LogP contribution is 2.21. The monoisotopic (exact) mass is 349 g/mol. The third kappa shape index (κ3) is 4.53. The zero-order valence-electron chi connectivity index (χ0n) is 9.39. The Morgan fingerprint density at radius 1 is 1.32 bits per heavy atom. The number of halogens is 2. The van der Waals surface area contributed by atoms with Crippen molar-refractivity contribution < 1.29 is 24.6 Å². The molecule has 1 rings (SSSR count). The van der Waals surface area contributed by atoms with E-state index in [2.05, 4.69) is 21.2 Å². The van der Waals surface area contributed by atoms with Crippen LogP contribution < -0.4 is 5.32 Å². The molecule has 0 fully saturated rings. The Morgan fingerprint density at radius 2 is 1.95 bits per heavy atom. The minimum Gasteiger partial charge on any atom is -0.481 e. The first kappa shape index (κ1) is 15.5. The lowest BCUT2D eigenvalue weighted by Crippen LogP contribution is -2.42. The molecule has 1 aromatic carbocycles. The molecule has 0 aliphatic rings. The maximum atomic E-state index is 11.8. The predicted octanol–water partition coefficient (Wildman–Crippen LogP) is 1.76. The van der Waals surface area contributed by atoms with Gasteiger partial charge in [0.05, 0.1) is 17.0 Å². The van der Waals surface area contributed by atoms with Crippen molar-refractivity contribution in [1.29, 1.82) is 0 Å². The van der Waals surface area contributed by atoms with Crippen molar-refractivity contribution in [2.75, 3.05) is 0 Å². The summed E-state index contributed by atoms with van der Waals surface area (Å²) in [5.41, 5.74) is 0.0627. The average Bonchev–Trinajstić information content (AvgIpc) is 2.30. The second-order valence-electron chi connectivity index (χ2n) is 3.59. The fourth-order valence-corrected chi connectivity index (χ4v) is 1.85. The lowest BCUT2D eigenvalue weighted by Gasteiger charge is -2.13. The van der Waals surface area contributed by atoms with Crippen LogP contribution in [-0.4, -0.2) is 34.1 Å². The molecule has 0 unspecified atom stereocenters.